The van der Waals surface area contributed by atoms with Crippen LogP contribution < -0.4 is 0 Å². The number of carbonyl (C=O) groups excluding carboxylic acids is 1. The smallest absolute Gasteiger partial charge is 0.311 e. The number of hydrogen-bond donors (Lipinski definition) is 0. The molecular weight excluding hydrogens is 232 g/mol. The Labute approximate surface area is 88.5 Å². The maximum absolute atomic E-state index is 11.2. The van der Waals surface area contributed by atoms with E-state index < -0.39 is 0 Å². The molecule has 0 aromatic heterocycles. The molecule has 0 aromatic carbocycles. The number of unbranched alkanes of at least 4 members (excludes halogenated alkanes) is 1. The van der Waals surface area contributed by atoms with E-state index in [-0.39, 0.29) is 11.4 Å². The van der Waals surface area contributed by atoms with Crippen LogP contribution in [0.15, 0.2) is 11.1 Å². The van der Waals surface area contributed by atoms with Crippen LogP contribution in [0.5, 0.6) is 0 Å². The van der Waals surface area contributed by atoms with Crippen LogP contribution in [0.25, 0.3) is 0 Å². The van der Waals surface area contributed by atoms with Gasteiger partial charge in [0.1, 0.15) is 0 Å². The summed E-state index contributed by atoms with van der Waals surface area (Å²) in [7, 11) is 0. The van der Waals surface area contributed by atoms with Gasteiger partial charge in [-0.2, -0.15) is 0 Å². The van der Waals surface area contributed by atoms with Gasteiger partial charge in [-0.05, 0) is 38.6 Å². The minimum atomic E-state index is -0.384. The van der Waals surface area contributed by atoms with Crippen molar-refractivity contribution >= 4 is 21.9 Å². The van der Waals surface area contributed by atoms with Crippen LogP contribution in [-0.2, 0) is 9.53 Å². The van der Waals surface area contributed by atoms with Crippen LogP contribution >= 0.6 is 15.9 Å². The average molecular weight is 249 g/mol. The second-order valence-electron chi connectivity index (χ2n) is 3.89. The van der Waals surface area contributed by atoms with Gasteiger partial charge in [0.2, 0.25) is 0 Å². The topological polar surface area (TPSA) is 26.3 Å². The van der Waals surface area contributed by atoms with Crippen molar-refractivity contribution < 1.29 is 9.53 Å². The number of halogens is 1. The highest BCUT2D eigenvalue weighted by molar-refractivity contribution is 9.11. The van der Waals surface area contributed by atoms with Crippen LogP contribution in [0, 0.1) is 5.41 Å². The van der Waals surface area contributed by atoms with E-state index in [4.69, 9.17) is 4.74 Å². The van der Waals surface area contributed by atoms with E-state index in [2.05, 4.69) is 15.9 Å². The lowest BCUT2D eigenvalue weighted by Gasteiger charge is -2.16. The first kappa shape index (κ1) is 12.7. The molecule has 0 spiro atoms. The van der Waals surface area contributed by atoms with Gasteiger partial charge in [-0.25, -0.2) is 0 Å². The summed E-state index contributed by atoms with van der Waals surface area (Å²) in [4.78, 5) is 13.1. The van der Waals surface area contributed by atoms with E-state index >= 15 is 0 Å². The molecule has 0 amide bonds. The second-order valence-corrected chi connectivity index (χ2v) is 4.42. The van der Waals surface area contributed by atoms with Crippen molar-refractivity contribution in [2.75, 3.05) is 6.61 Å². The summed E-state index contributed by atoms with van der Waals surface area (Å²) in [5.74, 6) is -0.129. The Morgan fingerprint density at radius 2 is 2.08 bits per heavy atom. The van der Waals surface area contributed by atoms with Crippen molar-refractivity contribution in [3.63, 3.8) is 0 Å². The highest BCUT2D eigenvalue weighted by Gasteiger charge is 2.22. The zero-order chi connectivity index (χ0) is 10.3. The predicted molar refractivity (Wildman–Crippen MR) is 57.7 cm³/mol. The van der Waals surface area contributed by atoms with E-state index in [0.29, 0.717) is 6.61 Å². The molecule has 76 valence electrons. The average Bonchev–Trinajstić information content (AvgIpc) is 2.02. The first-order valence-corrected chi connectivity index (χ1v) is 5.32. The standard InChI is InChI=1S/C10H17BrO2/c1-10(2,3)9(12)13-8-6-4-5-7-11/h5,7H,4,6,8H2,1-3H3/b7-5+. The molecule has 0 saturated carbocycles. The maximum atomic E-state index is 11.2. The minimum absolute atomic E-state index is 0.129. The third-order valence-corrected chi connectivity index (χ3v) is 1.82. The van der Waals surface area contributed by atoms with Gasteiger partial charge in [0, 0.05) is 0 Å². The highest BCUT2D eigenvalue weighted by Crippen LogP contribution is 2.15. The molecule has 0 bridgehead atoms. The summed E-state index contributed by atoms with van der Waals surface area (Å²) in [6.07, 6.45) is 3.80. The van der Waals surface area contributed by atoms with Crippen molar-refractivity contribution in [2.45, 2.75) is 33.6 Å². The second kappa shape index (κ2) is 6.19. The van der Waals surface area contributed by atoms with E-state index in [1.165, 1.54) is 0 Å². The lowest BCUT2D eigenvalue weighted by Crippen LogP contribution is -2.23. The van der Waals surface area contributed by atoms with Crippen molar-refractivity contribution in [1.29, 1.82) is 0 Å². The van der Waals surface area contributed by atoms with Gasteiger partial charge >= 0.3 is 5.97 Å². The molecule has 0 heterocycles. The highest BCUT2D eigenvalue weighted by atomic mass is 79.9. The molecule has 0 aliphatic rings. The molecule has 0 aliphatic heterocycles. The molecule has 0 aromatic rings. The Morgan fingerprint density at radius 3 is 2.54 bits per heavy atom. The summed E-state index contributed by atoms with van der Waals surface area (Å²) < 4.78 is 5.06. The number of esters is 1. The summed E-state index contributed by atoms with van der Waals surface area (Å²) in [6, 6.07) is 0. The molecule has 0 atom stereocenters. The third-order valence-electron chi connectivity index (χ3n) is 1.45. The quantitative estimate of drug-likeness (QED) is 0.564. The molecule has 0 rings (SSSR count). The molecular formula is C10H17BrO2. The lowest BCUT2D eigenvalue weighted by molar-refractivity contribution is -0.152. The van der Waals surface area contributed by atoms with Crippen LogP contribution in [0.3, 0.4) is 0 Å². The number of ether oxygens (including phenoxy) is 1. The molecule has 0 aliphatic carbocycles. The lowest BCUT2D eigenvalue weighted by atomic mass is 9.97. The van der Waals surface area contributed by atoms with Gasteiger partial charge in [-0.1, -0.05) is 22.0 Å². The summed E-state index contributed by atoms with van der Waals surface area (Å²) >= 11 is 3.17. The SMILES string of the molecule is CC(C)(C)C(=O)OCCC/C=C/Br. The van der Waals surface area contributed by atoms with E-state index in [9.17, 15) is 4.79 Å². The van der Waals surface area contributed by atoms with E-state index in [0.717, 1.165) is 12.8 Å². The molecule has 13 heavy (non-hydrogen) atoms. The Bertz CT molecular complexity index is 180. The van der Waals surface area contributed by atoms with E-state index in [1.54, 1.807) is 0 Å². The first-order chi connectivity index (χ1) is 5.98. The molecule has 2 nitrogen and oxygen atoms in total. The fourth-order valence-electron chi connectivity index (χ4n) is 0.646. The van der Waals surface area contributed by atoms with Crippen LogP contribution in [-0.4, -0.2) is 12.6 Å². The Kier molecular flexibility index (Phi) is 6.04. The van der Waals surface area contributed by atoms with Gasteiger partial charge in [0.05, 0.1) is 12.0 Å². The van der Waals surface area contributed by atoms with Crippen LogP contribution in [0.2, 0.25) is 0 Å². The van der Waals surface area contributed by atoms with Crippen LogP contribution in [0.4, 0.5) is 0 Å². The normalized spacial score (nSPS) is 12.0. The minimum Gasteiger partial charge on any atom is -0.465 e. The number of carbonyl (C=O) groups is 1. The maximum Gasteiger partial charge on any atom is 0.311 e. The van der Waals surface area contributed by atoms with Gasteiger partial charge in [0.25, 0.3) is 0 Å². The van der Waals surface area contributed by atoms with Crippen molar-refractivity contribution in [1.82, 2.24) is 0 Å². The van der Waals surface area contributed by atoms with Crippen LogP contribution in [0.1, 0.15) is 33.6 Å². The fourth-order valence-corrected chi connectivity index (χ4v) is 0.910. The zero-order valence-electron chi connectivity index (χ0n) is 8.47. The van der Waals surface area contributed by atoms with Crippen molar-refractivity contribution in [2.24, 2.45) is 5.41 Å². The summed E-state index contributed by atoms with van der Waals surface area (Å²) in [5, 5.41) is 0. The summed E-state index contributed by atoms with van der Waals surface area (Å²) in [5.41, 5.74) is -0.384. The Morgan fingerprint density at radius 1 is 1.46 bits per heavy atom. The van der Waals surface area contributed by atoms with Crippen molar-refractivity contribution in [3.05, 3.63) is 11.1 Å². The van der Waals surface area contributed by atoms with E-state index in [1.807, 2.05) is 31.8 Å². The van der Waals surface area contributed by atoms with Crippen molar-refractivity contribution in [3.8, 4) is 0 Å². The molecule has 0 unspecified atom stereocenters. The first-order valence-electron chi connectivity index (χ1n) is 4.41. The third kappa shape index (κ3) is 6.82. The number of hydrogen-bond acceptors (Lipinski definition) is 2. The largest absolute Gasteiger partial charge is 0.465 e. The molecule has 0 N–H and O–H groups in total. The number of allylic oxidation sites excluding steroid dienone is 1. The number of rotatable bonds is 4. The van der Waals surface area contributed by atoms with Gasteiger partial charge in [0.15, 0.2) is 0 Å². The van der Waals surface area contributed by atoms with Gasteiger partial charge < -0.3 is 4.74 Å². The van der Waals surface area contributed by atoms with Gasteiger partial charge in [-0.15, -0.1) is 0 Å². The molecule has 0 saturated heterocycles. The predicted octanol–water partition coefficient (Wildman–Crippen LogP) is 3.26. The summed E-state index contributed by atoms with van der Waals surface area (Å²) in [6.45, 7) is 6.07. The molecule has 0 fully saturated rings. The monoisotopic (exact) mass is 248 g/mol. The Hall–Kier alpha value is -0.310. The van der Waals surface area contributed by atoms with Gasteiger partial charge in [-0.3, -0.25) is 4.79 Å². The molecule has 3 heteroatoms. The Balaban J connectivity index is 3.49. The fraction of sp³-hybridized carbons (Fsp3) is 0.700. The molecule has 0 radical (unpaired) electrons. The zero-order valence-corrected chi connectivity index (χ0v) is 10.1.